The Morgan fingerprint density at radius 1 is 0.947 bits per heavy atom. The van der Waals surface area contributed by atoms with Gasteiger partial charge in [-0.15, -0.1) is 0 Å². The van der Waals surface area contributed by atoms with Gasteiger partial charge >= 0.3 is 5.97 Å². The lowest BCUT2D eigenvalue weighted by atomic mass is 9.99. The predicted molar refractivity (Wildman–Crippen MR) is 151 cm³/mol. The number of aryl methyl sites for hydroxylation is 1. The van der Waals surface area contributed by atoms with Crippen LogP contribution in [0.5, 0.6) is 0 Å². The van der Waals surface area contributed by atoms with Gasteiger partial charge in [0.05, 0.1) is 35.7 Å². The first-order valence-electron chi connectivity index (χ1n) is 12.4. The standard InChI is InChI=1S/C30H32N4O4/c1-6-38-30(37)21-12-14-23-24(17-21)32-29(36)27(23)28(20-10-8-7-9-11-20)31-22-13-15-25(19(2)16-22)34(5)26(35)18-33(3)4/h7-17,31H,6,18H2,1-5H3,(H,32,36)/b28-27+. The van der Waals surface area contributed by atoms with Crippen molar-refractivity contribution in [3.8, 4) is 0 Å². The number of amides is 2. The first-order valence-corrected chi connectivity index (χ1v) is 12.4. The van der Waals surface area contributed by atoms with Crippen molar-refractivity contribution in [3.05, 3.63) is 89.0 Å². The van der Waals surface area contributed by atoms with Gasteiger partial charge in [-0.1, -0.05) is 36.4 Å². The smallest absolute Gasteiger partial charge is 0.338 e. The maximum Gasteiger partial charge on any atom is 0.338 e. The van der Waals surface area contributed by atoms with E-state index in [1.165, 1.54) is 0 Å². The minimum Gasteiger partial charge on any atom is -0.462 e. The van der Waals surface area contributed by atoms with Gasteiger partial charge in [0.1, 0.15) is 0 Å². The summed E-state index contributed by atoms with van der Waals surface area (Å²) in [7, 11) is 5.49. The lowest BCUT2D eigenvalue weighted by Crippen LogP contribution is -2.35. The number of nitrogens with one attached hydrogen (secondary N) is 2. The summed E-state index contributed by atoms with van der Waals surface area (Å²) in [6, 6.07) is 20.4. The Labute approximate surface area is 222 Å². The van der Waals surface area contributed by atoms with Gasteiger partial charge in [-0.25, -0.2) is 4.79 Å². The summed E-state index contributed by atoms with van der Waals surface area (Å²) in [5.41, 5.74) is 6.06. The fourth-order valence-corrected chi connectivity index (χ4v) is 4.41. The van der Waals surface area contributed by atoms with E-state index in [-0.39, 0.29) is 18.4 Å². The molecule has 4 rings (SSSR count). The monoisotopic (exact) mass is 512 g/mol. The van der Waals surface area contributed by atoms with Crippen LogP contribution < -0.4 is 15.5 Å². The van der Waals surface area contributed by atoms with Crippen LogP contribution in [0.15, 0.2) is 66.7 Å². The third-order valence-electron chi connectivity index (χ3n) is 6.24. The highest BCUT2D eigenvalue weighted by Gasteiger charge is 2.29. The number of carbonyl (C=O) groups excluding carboxylic acids is 3. The number of rotatable bonds is 8. The van der Waals surface area contributed by atoms with E-state index in [1.807, 2.05) is 74.4 Å². The van der Waals surface area contributed by atoms with Crippen molar-refractivity contribution >= 4 is 46.1 Å². The minimum atomic E-state index is -0.437. The Morgan fingerprint density at radius 2 is 1.68 bits per heavy atom. The van der Waals surface area contributed by atoms with Gasteiger partial charge in [0.15, 0.2) is 0 Å². The summed E-state index contributed by atoms with van der Waals surface area (Å²) in [4.78, 5) is 41.5. The van der Waals surface area contributed by atoms with Crippen molar-refractivity contribution in [2.45, 2.75) is 13.8 Å². The van der Waals surface area contributed by atoms with E-state index in [0.717, 1.165) is 22.5 Å². The molecule has 0 spiro atoms. The Morgan fingerprint density at radius 3 is 2.34 bits per heavy atom. The molecule has 2 N–H and O–H groups in total. The van der Waals surface area contributed by atoms with Crippen molar-refractivity contribution < 1.29 is 19.1 Å². The molecule has 8 nitrogen and oxygen atoms in total. The van der Waals surface area contributed by atoms with Crippen LogP contribution in [0.25, 0.3) is 11.3 Å². The molecule has 0 fully saturated rings. The van der Waals surface area contributed by atoms with Crippen molar-refractivity contribution in [3.63, 3.8) is 0 Å². The van der Waals surface area contributed by atoms with E-state index in [9.17, 15) is 14.4 Å². The van der Waals surface area contributed by atoms with Crippen LogP contribution in [-0.4, -0.2) is 57.0 Å². The first kappa shape index (κ1) is 26.6. The van der Waals surface area contributed by atoms with Gasteiger partial charge in [0.2, 0.25) is 5.91 Å². The van der Waals surface area contributed by atoms with E-state index in [1.54, 1.807) is 37.1 Å². The third-order valence-corrected chi connectivity index (χ3v) is 6.24. The first-order chi connectivity index (χ1) is 18.2. The number of hydrogen-bond acceptors (Lipinski definition) is 6. The number of carbonyl (C=O) groups is 3. The van der Waals surface area contributed by atoms with Gasteiger partial charge in [-0.3, -0.25) is 9.59 Å². The molecule has 2 amide bonds. The lowest BCUT2D eigenvalue weighted by molar-refractivity contribution is -0.119. The van der Waals surface area contributed by atoms with Crippen LogP contribution in [0, 0.1) is 6.92 Å². The summed E-state index contributed by atoms with van der Waals surface area (Å²) in [5.74, 6) is -0.713. The molecular formula is C30H32N4O4. The summed E-state index contributed by atoms with van der Waals surface area (Å²) in [5, 5.41) is 6.34. The fraction of sp³-hybridized carbons (Fsp3) is 0.233. The van der Waals surface area contributed by atoms with E-state index in [2.05, 4.69) is 10.6 Å². The van der Waals surface area contributed by atoms with Crippen LogP contribution in [-0.2, 0) is 14.3 Å². The topological polar surface area (TPSA) is 91.0 Å². The molecule has 0 aromatic heterocycles. The summed E-state index contributed by atoms with van der Waals surface area (Å²) in [6.07, 6.45) is 0. The highest BCUT2D eigenvalue weighted by atomic mass is 16.5. The second kappa shape index (κ2) is 11.3. The maximum atomic E-state index is 13.2. The fourth-order valence-electron chi connectivity index (χ4n) is 4.41. The SMILES string of the molecule is CCOC(=O)c1ccc2c(c1)NC(=O)/C2=C(/Nc1ccc(N(C)C(=O)CN(C)C)c(C)c1)c1ccccc1. The second-order valence-electron chi connectivity index (χ2n) is 9.37. The number of fused-ring (bicyclic) bond motifs is 1. The van der Waals surface area contributed by atoms with Crippen LogP contribution in [0.1, 0.15) is 34.0 Å². The lowest BCUT2D eigenvalue weighted by Gasteiger charge is -2.22. The molecule has 1 aliphatic heterocycles. The average Bonchev–Trinajstić information content (AvgIpc) is 3.21. The van der Waals surface area contributed by atoms with E-state index >= 15 is 0 Å². The molecular weight excluding hydrogens is 480 g/mol. The Balaban J connectivity index is 1.74. The zero-order chi connectivity index (χ0) is 27.4. The summed E-state index contributed by atoms with van der Waals surface area (Å²) >= 11 is 0. The van der Waals surface area contributed by atoms with E-state index in [4.69, 9.17) is 4.74 Å². The molecule has 3 aromatic rings. The average molecular weight is 513 g/mol. The number of ether oxygens (including phenoxy) is 1. The molecule has 196 valence electrons. The van der Waals surface area contributed by atoms with Crippen LogP contribution >= 0.6 is 0 Å². The molecule has 0 bridgehead atoms. The molecule has 38 heavy (non-hydrogen) atoms. The molecule has 0 saturated carbocycles. The Hall–Kier alpha value is -4.43. The second-order valence-corrected chi connectivity index (χ2v) is 9.37. The number of benzene rings is 3. The number of esters is 1. The number of likely N-dealkylation sites (N-methyl/N-ethyl adjacent to an activating group) is 2. The molecule has 0 radical (unpaired) electrons. The highest BCUT2D eigenvalue weighted by Crippen LogP contribution is 2.38. The predicted octanol–water partition coefficient (Wildman–Crippen LogP) is 4.63. The van der Waals surface area contributed by atoms with Crippen molar-refractivity contribution in [1.82, 2.24) is 4.90 Å². The van der Waals surface area contributed by atoms with Crippen molar-refractivity contribution in [1.29, 1.82) is 0 Å². The molecule has 0 aliphatic carbocycles. The van der Waals surface area contributed by atoms with Crippen LogP contribution in [0.2, 0.25) is 0 Å². The van der Waals surface area contributed by atoms with E-state index < -0.39 is 5.97 Å². The molecule has 0 saturated heterocycles. The van der Waals surface area contributed by atoms with Gasteiger partial charge in [0.25, 0.3) is 5.91 Å². The van der Waals surface area contributed by atoms with Crippen LogP contribution in [0.4, 0.5) is 17.1 Å². The maximum absolute atomic E-state index is 13.2. The summed E-state index contributed by atoms with van der Waals surface area (Å²) in [6.45, 7) is 4.28. The van der Waals surface area contributed by atoms with Crippen LogP contribution in [0.3, 0.4) is 0 Å². The number of anilines is 3. The largest absolute Gasteiger partial charge is 0.462 e. The highest BCUT2D eigenvalue weighted by molar-refractivity contribution is 6.37. The Kier molecular flexibility index (Phi) is 7.93. The van der Waals surface area contributed by atoms with Gasteiger partial charge in [-0.05, 0) is 69.4 Å². The molecule has 0 unspecified atom stereocenters. The van der Waals surface area contributed by atoms with Crippen molar-refractivity contribution in [2.24, 2.45) is 0 Å². The molecule has 3 aromatic carbocycles. The number of hydrogen-bond donors (Lipinski definition) is 2. The normalized spacial score (nSPS) is 13.6. The quantitative estimate of drug-likeness (QED) is 0.338. The molecule has 1 aliphatic rings. The number of nitrogens with zero attached hydrogens (tertiary/aromatic N) is 2. The molecule has 8 heteroatoms. The zero-order valence-corrected chi connectivity index (χ0v) is 22.3. The van der Waals surface area contributed by atoms with Gasteiger partial charge < -0.3 is 25.2 Å². The third kappa shape index (κ3) is 5.60. The molecule has 0 atom stereocenters. The van der Waals surface area contributed by atoms with Gasteiger partial charge in [0, 0.05) is 24.0 Å². The Bertz CT molecular complexity index is 1410. The molecule has 1 heterocycles. The van der Waals surface area contributed by atoms with E-state index in [0.29, 0.717) is 34.6 Å². The van der Waals surface area contributed by atoms with Gasteiger partial charge in [-0.2, -0.15) is 0 Å². The minimum absolute atomic E-state index is 0.00711. The van der Waals surface area contributed by atoms with Crippen molar-refractivity contribution in [2.75, 3.05) is 49.8 Å². The zero-order valence-electron chi connectivity index (χ0n) is 22.3. The summed E-state index contributed by atoms with van der Waals surface area (Å²) < 4.78 is 5.11.